The zero-order valence-electron chi connectivity index (χ0n) is 21.8. The normalized spacial score (nSPS) is 16.7. The quantitative estimate of drug-likeness (QED) is 0.524. The van der Waals surface area contributed by atoms with Crippen molar-refractivity contribution in [2.75, 3.05) is 31.2 Å². The molecule has 0 bridgehead atoms. The first-order valence-corrected chi connectivity index (χ1v) is 13.3. The van der Waals surface area contributed by atoms with Crippen molar-refractivity contribution < 1.29 is 14.4 Å². The maximum atomic E-state index is 13.9. The van der Waals surface area contributed by atoms with Crippen molar-refractivity contribution in [2.24, 2.45) is 0 Å². The molecule has 0 unspecified atom stereocenters. The number of rotatable bonds is 7. The first-order chi connectivity index (χ1) is 18.5. The minimum absolute atomic E-state index is 0.00315. The SMILES string of the molecule is CCc1ccc(C(=O)N2CCC3(CC2)C(=O)N(CC(=O)NCc2ccccc2)CN3c2ccccc2)cc1. The Bertz CT molecular complexity index is 1270. The summed E-state index contributed by atoms with van der Waals surface area (Å²) in [5, 5.41) is 2.94. The summed E-state index contributed by atoms with van der Waals surface area (Å²) < 4.78 is 0. The Balaban J connectivity index is 1.29. The number of piperidine rings is 1. The van der Waals surface area contributed by atoms with Crippen molar-refractivity contribution in [3.63, 3.8) is 0 Å². The van der Waals surface area contributed by atoms with Gasteiger partial charge in [0.05, 0.1) is 6.67 Å². The molecule has 1 spiro atoms. The molecule has 3 amide bonds. The van der Waals surface area contributed by atoms with Gasteiger partial charge in [0.15, 0.2) is 0 Å². The number of para-hydroxylation sites is 1. The first kappa shape index (κ1) is 25.5. The van der Waals surface area contributed by atoms with Gasteiger partial charge in [0.1, 0.15) is 12.1 Å². The Morgan fingerprint density at radius 3 is 2.11 bits per heavy atom. The van der Waals surface area contributed by atoms with Crippen LogP contribution in [0.4, 0.5) is 5.69 Å². The molecule has 2 aliphatic heterocycles. The van der Waals surface area contributed by atoms with Gasteiger partial charge in [0.25, 0.3) is 11.8 Å². The van der Waals surface area contributed by atoms with Crippen LogP contribution in [0, 0.1) is 0 Å². The van der Waals surface area contributed by atoms with Crippen LogP contribution in [0.1, 0.15) is 41.3 Å². The van der Waals surface area contributed by atoms with E-state index in [-0.39, 0.29) is 24.3 Å². The summed E-state index contributed by atoms with van der Waals surface area (Å²) in [5.74, 6) is -0.234. The van der Waals surface area contributed by atoms with Gasteiger partial charge in [-0.25, -0.2) is 0 Å². The number of carbonyl (C=O) groups excluding carboxylic acids is 3. The number of carbonyl (C=O) groups is 3. The van der Waals surface area contributed by atoms with Crippen LogP contribution < -0.4 is 10.2 Å². The molecule has 0 aromatic heterocycles. The Morgan fingerprint density at radius 1 is 0.842 bits per heavy atom. The lowest BCUT2D eigenvalue weighted by molar-refractivity contribution is -0.137. The highest BCUT2D eigenvalue weighted by atomic mass is 16.2. The lowest BCUT2D eigenvalue weighted by Crippen LogP contribution is -2.57. The van der Waals surface area contributed by atoms with Crippen molar-refractivity contribution in [3.8, 4) is 0 Å². The smallest absolute Gasteiger partial charge is 0.253 e. The highest BCUT2D eigenvalue weighted by Crippen LogP contribution is 2.39. The molecular formula is C31H34N4O3. The van der Waals surface area contributed by atoms with Gasteiger partial charge in [-0.3, -0.25) is 14.4 Å². The molecule has 2 aliphatic rings. The summed E-state index contributed by atoms with van der Waals surface area (Å²) in [5.41, 5.74) is 3.05. The van der Waals surface area contributed by atoms with Crippen molar-refractivity contribution in [3.05, 3.63) is 102 Å². The van der Waals surface area contributed by atoms with Gasteiger partial charge in [0.2, 0.25) is 5.91 Å². The van der Waals surface area contributed by atoms with Crippen molar-refractivity contribution in [2.45, 2.75) is 38.3 Å². The first-order valence-electron chi connectivity index (χ1n) is 13.3. The number of hydrogen-bond acceptors (Lipinski definition) is 4. The summed E-state index contributed by atoms with van der Waals surface area (Å²) in [6, 6.07) is 27.4. The Hall–Kier alpha value is -4.13. The fraction of sp³-hybridized carbons (Fsp3) is 0.323. The van der Waals surface area contributed by atoms with Gasteiger partial charge in [-0.05, 0) is 54.7 Å². The highest BCUT2D eigenvalue weighted by molar-refractivity contribution is 5.97. The molecule has 2 heterocycles. The van der Waals surface area contributed by atoms with E-state index in [1.165, 1.54) is 5.56 Å². The van der Waals surface area contributed by atoms with Crippen LogP contribution in [0.25, 0.3) is 0 Å². The van der Waals surface area contributed by atoms with Crippen LogP contribution in [0.5, 0.6) is 0 Å². The lowest BCUT2D eigenvalue weighted by atomic mass is 9.85. The van der Waals surface area contributed by atoms with Crippen LogP contribution in [0.3, 0.4) is 0 Å². The molecule has 3 aromatic carbocycles. The molecule has 7 nitrogen and oxygen atoms in total. The predicted octanol–water partition coefficient (Wildman–Crippen LogP) is 3.85. The Morgan fingerprint density at radius 2 is 1.47 bits per heavy atom. The summed E-state index contributed by atoms with van der Waals surface area (Å²) in [7, 11) is 0. The number of likely N-dealkylation sites (tertiary alicyclic amines) is 1. The minimum Gasteiger partial charge on any atom is -0.350 e. The van der Waals surface area contributed by atoms with E-state index in [1.54, 1.807) is 4.90 Å². The fourth-order valence-electron chi connectivity index (χ4n) is 5.49. The van der Waals surface area contributed by atoms with Gasteiger partial charge in [-0.2, -0.15) is 0 Å². The zero-order valence-corrected chi connectivity index (χ0v) is 21.8. The number of anilines is 1. The van der Waals surface area contributed by atoms with Crippen molar-refractivity contribution >= 4 is 23.4 Å². The largest absolute Gasteiger partial charge is 0.350 e. The number of aryl methyl sites for hydroxylation is 1. The number of nitrogens with zero attached hydrogens (tertiary/aromatic N) is 3. The molecule has 196 valence electrons. The van der Waals surface area contributed by atoms with E-state index < -0.39 is 5.54 Å². The maximum absolute atomic E-state index is 13.9. The summed E-state index contributed by atoms with van der Waals surface area (Å²) in [6.07, 6.45) is 1.96. The Labute approximate surface area is 224 Å². The van der Waals surface area contributed by atoms with Crippen LogP contribution >= 0.6 is 0 Å². The molecular weight excluding hydrogens is 476 g/mol. The number of benzene rings is 3. The van der Waals surface area contributed by atoms with Crippen molar-refractivity contribution in [1.82, 2.24) is 15.1 Å². The molecule has 0 saturated carbocycles. The van der Waals surface area contributed by atoms with E-state index in [9.17, 15) is 14.4 Å². The van der Waals surface area contributed by atoms with E-state index >= 15 is 0 Å². The van der Waals surface area contributed by atoms with Crippen LogP contribution in [-0.4, -0.2) is 59.4 Å². The van der Waals surface area contributed by atoms with E-state index in [0.29, 0.717) is 44.7 Å². The molecule has 2 fully saturated rings. The monoisotopic (exact) mass is 510 g/mol. The fourth-order valence-corrected chi connectivity index (χ4v) is 5.49. The zero-order chi connectivity index (χ0) is 26.5. The van der Waals surface area contributed by atoms with Crippen LogP contribution in [-0.2, 0) is 22.6 Å². The summed E-state index contributed by atoms with van der Waals surface area (Å²) in [4.78, 5) is 45.5. The standard InChI is InChI=1S/C31H34N4O3/c1-2-24-13-15-26(16-14-24)29(37)33-19-17-31(18-20-33)30(38)34(23-35(31)27-11-7-4-8-12-27)22-28(36)32-21-25-9-5-3-6-10-25/h3-16H,2,17-23H2,1H3,(H,32,36). The topological polar surface area (TPSA) is 73.0 Å². The average Bonchev–Trinajstić information content (AvgIpc) is 3.23. The molecule has 7 heteroatoms. The average molecular weight is 511 g/mol. The molecule has 0 aliphatic carbocycles. The third kappa shape index (κ3) is 5.14. The van der Waals surface area contributed by atoms with Gasteiger partial charge in [0, 0.05) is 30.9 Å². The van der Waals surface area contributed by atoms with Gasteiger partial charge < -0.3 is 20.0 Å². The number of hydrogen-bond donors (Lipinski definition) is 1. The molecule has 0 radical (unpaired) electrons. The van der Waals surface area contributed by atoms with Gasteiger partial charge in [-0.15, -0.1) is 0 Å². The Kier molecular flexibility index (Phi) is 7.45. The highest BCUT2D eigenvalue weighted by Gasteiger charge is 2.54. The van der Waals surface area contributed by atoms with E-state index in [2.05, 4.69) is 17.1 Å². The summed E-state index contributed by atoms with van der Waals surface area (Å²) in [6.45, 7) is 3.83. The van der Waals surface area contributed by atoms with E-state index in [0.717, 1.165) is 17.7 Å². The number of nitrogens with one attached hydrogen (secondary N) is 1. The second-order valence-corrected chi connectivity index (χ2v) is 10.0. The van der Waals surface area contributed by atoms with Gasteiger partial charge in [-0.1, -0.05) is 67.6 Å². The summed E-state index contributed by atoms with van der Waals surface area (Å²) >= 11 is 0. The van der Waals surface area contributed by atoms with Crippen LogP contribution in [0.15, 0.2) is 84.9 Å². The van der Waals surface area contributed by atoms with Crippen molar-refractivity contribution in [1.29, 1.82) is 0 Å². The van der Waals surface area contributed by atoms with Crippen LogP contribution in [0.2, 0.25) is 0 Å². The second-order valence-electron chi connectivity index (χ2n) is 10.0. The molecule has 2 saturated heterocycles. The van der Waals surface area contributed by atoms with E-state index in [1.807, 2.05) is 89.8 Å². The number of amides is 3. The lowest BCUT2D eigenvalue weighted by Gasteiger charge is -2.43. The molecule has 38 heavy (non-hydrogen) atoms. The second kappa shape index (κ2) is 11.1. The molecule has 5 rings (SSSR count). The minimum atomic E-state index is -0.774. The third-order valence-electron chi connectivity index (χ3n) is 7.74. The molecule has 1 N–H and O–H groups in total. The molecule has 3 aromatic rings. The molecule has 0 atom stereocenters. The maximum Gasteiger partial charge on any atom is 0.253 e. The van der Waals surface area contributed by atoms with E-state index in [4.69, 9.17) is 0 Å². The predicted molar refractivity (Wildman–Crippen MR) is 147 cm³/mol. The third-order valence-corrected chi connectivity index (χ3v) is 7.74. The van der Waals surface area contributed by atoms with Gasteiger partial charge >= 0.3 is 0 Å².